The maximum Gasteiger partial charge on any atom is 0.233 e. The number of hydrogen-bond donors (Lipinski definition) is 2. The van der Waals surface area contributed by atoms with Crippen molar-refractivity contribution in [2.45, 2.75) is 13.0 Å². The Morgan fingerprint density at radius 3 is 2.47 bits per heavy atom. The van der Waals surface area contributed by atoms with Crippen LogP contribution in [-0.4, -0.2) is 48.0 Å². The van der Waals surface area contributed by atoms with E-state index in [1.165, 1.54) is 4.90 Å². The summed E-state index contributed by atoms with van der Waals surface area (Å²) in [6.07, 6.45) is 5.17. The maximum absolute atomic E-state index is 12.7. The van der Waals surface area contributed by atoms with Gasteiger partial charge < -0.3 is 15.2 Å². The van der Waals surface area contributed by atoms with Crippen LogP contribution in [0.1, 0.15) is 12.1 Å². The van der Waals surface area contributed by atoms with Crippen LogP contribution in [-0.2, 0) is 16.1 Å². The Morgan fingerprint density at radius 1 is 1.12 bits per heavy atom. The molecule has 1 aliphatic heterocycles. The molecule has 2 fully saturated rings. The van der Waals surface area contributed by atoms with Crippen molar-refractivity contribution in [1.29, 1.82) is 0 Å². The minimum Gasteiger partial charge on any atom is -0.356 e. The topological polar surface area (TPSA) is 99.8 Å². The maximum atomic E-state index is 12.7. The summed E-state index contributed by atoms with van der Waals surface area (Å²) >= 11 is 0. The van der Waals surface area contributed by atoms with Gasteiger partial charge in [0.25, 0.3) is 0 Å². The predicted octanol–water partition coefficient (Wildman–Crippen LogP) is 2.43. The van der Waals surface area contributed by atoms with Crippen LogP contribution in [0, 0.1) is 23.7 Å². The zero-order valence-electron chi connectivity index (χ0n) is 17.7. The fourth-order valence-corrected chi connectivity index (χ4v) is 5.00. The molecule has 1 aromatic heterocycles. The van der Waals surface area contributed by atoms with Crippen LogP contribution < -0.4 is 10.6 Å². The third-order valence-electron chi connectivity index (χ3n) is 6.47. The summed E-state index contributed by atoms with van der Waals surface area (Å²) in [4.78, 5) is 31.1. The van der Waals surface area contributed by atoms with Crippen LogP contribution in [0.15, 0.2) is 58.1 Å². The summed E-state index contributed by atoms with van der Waals surface area (Å²) in [5, 5.41) is 10.4. The second-order valence-corrected chi connectivity index (χ2v) is 8.23. The molecule has 2 amide bonds. The Hall–Kier alpha value is -2.69. The Kier molecular flexibility index (Phi) is 6.63. The normalized spacial score (nSPS) is 25.8. The minimum atomic E-state index is -0.147. The molecule has 4 atom stereocenters. The van der Waals surface area contributed by atoms with E-state index in [0.717, 1.165) is 17.7 Å². The number of nitrogens with one attached hydrogen (secondary N) is 2. The Balaban J connectivity index is 0.00000245. The van der Waals surface area contributed by atoms with Crippen molar-refractivity contribution in [2.75, 3.05) is 20.1 Å². The van der Waals surface area contributed by atoms with Crippen LogP contribution in [0.3, 0.4) is 0 Å². The minimum absolute atomic E-state index is 0. The van der Waals surface area contributed by atoms with Gasteiger partial charge in [-0.05, 0) is 18.3 Å². The van der Waals surface area contributed by atoms with E-state index < -0.39 is 0 Å². The van der Waals surface area contributed by atoms with E-state index in [9.17, 15) is 9.59 Å². The molecule has 1 saturated heterocycles. The number of carbonyl (C=O) groups is 2. The average molecular weight is 547 g/mol. The molecule has 8 nitrogen and oxygen atoms in total. The highest BCUT2D eigenvalue weighted by Crippen LogP contribution is 2.52. The van der Waals surface area contributed by atoms with Gasteiger partial charge in [0.05, 0.1) is 18.4 Å². The van der Waals surface area contributed by atoms with Gasteiger partial charge in [-0.2, -0.15) is 0 Å². The first-order valence-corrected chi connectivity index (χ1v) is 10.6. The predicted molar refractivity (Wildman–Crippen MR) is 130 cm³/mol. The van der Waals surface area contributed by atoms with Gasteiger partial charge in [0.2, 0.25) is 11.8 Å². The molecule has 2 heterocycles. The van der Waals surface area contributed by atoms with E-state index in [1.54, 1.807) is 7.05 Å². The van der Waals surface area contributed by atoms with Gasteiger partial charge in [-0.25, -0.2) is 0 Å². The summed E-state index contributed by atoms with van der Waals surface area (Å²) in [5.41, 5.74) is 1.72. The fraction of sp³-hybridized carbons (Fsp3) is 0.391. The number of halogens is 1. The van der Waals surface area contributed by atoms with Crippen LogP contribution in [0.4, 0.5) is 0 Å². The summed E-state index contributed by atoms with van der Waals surface area (Å²) in [7, 11) is 1.67. The van der Waals surface area contributed by atoms with Gasteiger partial charge in [0.15, 0.2) is 11.7 Å². The van der Waals surface area contributed by atoms with E-state index >= 15 is 0 Å². The highest BCUT2D eigenvalue weighted by Gasteiger charge is 2.58. The molecule has 168 valence electrons. The highest BCUT2D eigenvalue weighted by molar-refractivity contribution is 14.0. The number of amides is 2. The molecule has 1 saturated carbocycles. The van der Waals surface area contributed by atoms with Gasteiger partial charge in [-0.3, -0.25) is 19.5 Å². The Morgan fingerprint density at radius 2 is 1.81 bits per heavy atom. The number of aromatic nitrogens is 1. The molecule has 2 aromatic rings. The third kappa shape index (κ3) is 4.05. The number of likely N-dealkylation sites (tertiary alicyclic amines) is 1. The van der Waals surface area contributed by atoms with Crippen LogP contribution >= 0.6 is 24.0 Å². The summed E-state index contributed by atoms with van der Waals surface area (Å²) in [6, 6.07) is 11.7. The molecule has 0 radical (unpaired) electrons. The second-order valence-electron chi connectivity index (χ2n) is 8.23. The SMILES string of the molecule is CN=C(NCCN1C(=O)C2C3C=CC(C3)C2C1=O)NCc1cc(-c2ccccc2)on1.I. The molecule has 2 bridgehead atoms. The van der Waals surface area contributed by atoms with Crippen molar-refractivity contribution in [1.82, 2.24) is 20.7 Å². The fourth-order valence-electron chi connectivity index (χ4n) is 5.00. The molecule has 5 rings (SSSR count). The van der Waals surface area contributed by atoms with Gasteiger partial charge in [0.1, 0.15) is 5.69 Å². The zero-order valence-corrected chi connectivity index (χ0v) is 20.1. The molecule has 3 aliphatic rings. The molecular weight excluding hydrogens is 521 g/mol. The van der Waals surface area contributed by atoms with Crippen molar-refractivity contribution < 1.29 is 14.1 Å². The first-order chi connectivity index (χ1) is 15.2. The molecular formula is C23H26IN5O3. The van der Waals surface area contributed by atoms with Crippen molar-refractivity contribution in [3.63, 3.8) is 0 Å². The molecule has 9 heteroatoms. The van der Waals surface area contributed by atoms with Crippen LogP contribution in [0.25, 0.3) is 11.3 Å². The van der Waals surface area contributed by atoms with E-state index in [4.69, 9.17) is 4.52 Å². The zero-order chi connectivity index (χ0) is 21.4. The summed E-state index contributed by atoms with van der Waals surface area (Å²) in [6.45, 7) is 1.22. The molecule has 4 unspecified atom stereocenters. The number of hydrogen-bond acceptors (Lipinski definition) is 5. The molecule has 2 N–H and O–H groups in total. The Bertz CT molecular complexity index is 1020. The number of allylic oxidation sites excluding steroid dienone is 2. The standard InChI is InChI=1S/C23H25N5O3.HI/c1-24-23(26-13-17-12-18(31-27-17)14-5-3-2-4-6-14)25-9-10-28-21(29)19-15-7-8-16(11-15)20(19)22(28)30;/h2-8,12,15-16,19-20H,9-11,13H2,1H3,(H2,24,25,26);1H. The van der Waals surface area contributed by atoms with E-state index in [1.807, 2.05) is 36.4 Å². The molecule has 0 spiro atoms. The lowest BCUT2D eigenvalue weighted by Crippen LogP contribution is -2.43. The van der Waals surface area contributed by atoms with E-state index in [2.05, 4.69) is 32.9 Å². The average Bonchev–Trinajstić information content (AvgIpc) is 3.57. The van der Waals surface area contributed by atoms with E-state index in [0.29, 0.717) is 31.4 Å². The van der Waals surface area contributed by atoms with Gasteiger partial charge in [-0.15, -0.1) is 24.0 Å². The molecule has 2 aliphatic carbocycles. The quantitative estimate of drug-likeness (QED) is 0.190. The van der Waals surface area contributed by atoms with Crippen LogP contribution in [0.2, 0.25) is 0 Å². The lowest BCUT2D eigenvalue weighted by molar-refractivity contribution is -0.140. The number of benzene rings is 1. The third-order valence-corrected chi connectivity index (χ3v) is 6.47. The van der Waals surface area contributed by atoms with E-state index in [-0.39, 0.29) is 59.5 Å². The van der Waals surface area contributed by atoms with Crippen molar-refractivity contribution >= 4 is 41.8 Å². The van der Waals surface area contributed by atoms with Gasteiger partial charge in [-0.1, -0.05) is 47.6 Å². The van der Waals surface area contributed by atoms with Crippen molar-refractivity contribution in [3.05, 3.63) is 54.2 Å². The number of nitrogens with zero attached hydrogens (tertiary/aromatic N) is 3. The summed E-state index contributed by atoms with van der Waals surface area (Å²) in [5.74, 6) is 1.42. The highest BCUT2D eigenvalue weighted by atomic mass is 127. The number of fused-ring (bicyclic) bond motifs is 5. The number of carbonyl (C=O) groups excluding carboxylic acids is 2. The Labute approximate surface area is 203 Å². The first kappa shape index (κ1) is 22.5. The number of aliphatic imine (C=N–C) groups is 1. The smallest absolute Gasteiger partial charge is 0.233 e. The monoisotopic (exact) mass is 547 g/mol. The van der Waals surface area contributed by atoms with Gasteiger partial charge in [0, 0.05) is 31.8 Å². The van der Waals surface area contributed by atoms with Crippen molar-refractivity contribution in [3.8, 4) is 11.3 Å². The van der Waals surface area contributed by atoms with Crippen molar-refractivity contribution in [2.24, 2.45) is 28.7 Å². The largest absolute Gasteiger partial charge is 0.356 e. The number of imide groups is 1. The first-order valence-electron chi connectivity index (χ1n) is 10.6. The second kappa shape index (κ2) is 9.43. The van der Waals surface area contributed by atoms with Crippen LogP contribution in [0.5, 0.6) is 0 Å². The number of guanidine groups is 1. The summed E-state index contributed by atoms with van der Waals surface area (Å²) < 4.78 is 5.41. The number of rotatable bonds is 6. The lowest BCUT2D eigenvalue weighted by atomic mass is 9.85. The molecule has 32 heavy (non-hydrogen) atoms. The molecule has 1 aromatic carbocycles. The van der Waals surface area contributed by atoms with Gasteiger partial charge >= 0.3 is 0 Å². The lowest BCUT2D eigenvalue weighted by Gasteiger charge is -2.18.